The Morgan fingerprint density at radius 3 is 2.45 bits per heavy atom. The molecule has 3 aromatic carbocycles. The minimum Gasteiger partial charge on any atom is -0.462 e. The predicted molar refractivity (Wildman–Crippen MR) is 118 cm³/mol. The maximum absolute atomic E-state index is 5.70. The van der Waals surface area contributed by atoms with Crippen LogP contribution in [0, 0.1) is 0 Å². The lowest BCUT2D eigenvalue weighted by molar-refractivity contribution is 0.618. The molecule has 0 saturated carbocycles. The van der Waals surface area contributed by atoms with Crippen molar-refractivity contribution in [2.24, 2.45) is 0 Å². The Labute approximate surface area is 167 Å². The Morgan fingerprint density at radius 1 is 0.621 bits per heavy atom. The van der Waals surface area contributed by atoms with E-state index in [1.807, 2.05) is 24.4 Å². The second kappa shape index (κ2) is 6.28. The summed E-state index contributed by atoms with van der Waals surface area (Å²) in [4.78, 5) is 9.38. The van der Waals surface area contributed by atoms with Gasteiger partial charge in [-0.25, -0.2) is 0 Å². The van der Waals surface area contributed by atoms with Gasteiger partial charge >= 0.3 is 0 Å². The predicted octanol–water partition coefficient (Wildman–Crippen LogP) is 6.86. The average molecular weight is 372 g/mol. The molecule has 3 nitrogen and oxygen atoms in total. The number of pyridine rings is 2. The number of fused-ring (bicyclic) bond motifs is 4. The number of hydrogen-bond acceptors (Lipinski definition) is 3. The first-order valence-corrected chi connectivity index (χ1v) is 9.58. The highest BCUT2D eigenvalue weighted by molar-refractivity contribution is 6.10. The molecule has 3 heterocycles. The summed E-state index contributed by atoms with van der Waals surface area (Å²) in [6.45, 7) is 0. The quantitative estimate of drug-likeness (QED) is 0.333. The highest BCUT2D eigenvalue weighted by atomic mass is 16.3. The molecule has 0 unspecified atom stereocenters. The first-order chi connectivity index (χ1) is 14.4. The van der Waals surface area contributed by atoms with Crippen LogP contribution in [0.1, 0.15) is 0 Å². The molecular weight excluding hydrogens is 356 g/mol. The SMILES string of the molecule is c1cnc(-c2cc3ccoc3c3ncccc23)c(-c2ccc3ccccc3c2)c1. The van der Waals surface area contributed by atoms with Crippen LogP contribution < -0.4 is 0 Å². The van der Waals surface area contributed by atoms with Crippen molar-refractivity contribution in [1.29, 1.82) is 0 Å². The lowest BCUT2D eigenvalue weighted by Gasteiger charge is -2.12. The standard InChI is InChI=1S/C26H16N2O/c1-2-6-18-15-19(10-9-17(18)5-1)21-7-3-12-27-24(21)23-16-20-11-14-29-26(20)25-22(23)8-4-13-28-25/h1-16H. The average Bonchev–Trinajstić information content (AvgIpc) is 3.27. The van der Waals surface area contributed by atoms with Gasteiger partial charge in [0, 0.05) is 34.3 Å². The number of furan rings is 1. The zero-order chi connectivity index (χ0) is 19.2. The Kier molecular flexibility index (Phi) is 3.47. The number of hydrogen-bond donors (Lipinski definition) is 0. The van der Waals surface area contributed by atoms with Crippen molar-refractivity contribution >= 4 is 32.6 Å². The van der Waals surface area contributed by atoms with Crippen LogP contribution in [0.15, 0.2) is 102 Å². The molecule has 0 amide bonds. The van der Waals surface area contributed by atoms with Gasteiger partial charge in [-0.1, -0.05) is 48.5 Å². The van der Waals surface area contributed by atoms with Crippen molar-refractivity contribution in [3.8, 4) is 22.4 Å². The Bertz CT molecular complexity index is 1510. The van der Waals surface area contributed by atoms with Gasteiger partial charge in [-0.3, -0.25) is 9.97 Å². The molecule has 29 heavy (non-hydrogen) atoms. The van der Waals surface area contributed by atoms with Crippen LogP contribution in [0.5, 0.6) is 0 Å². The molecular formula is C26H16N2O. The van der Waals surface area contributed by atoms with Gasteiger partial charge in [0.25, 0.3) is 0 Å². The van der Waals surface area contributed by atoms with Crippen LogP contribution in [-0.2, 0) is 0 Å². The van der Waals surface area contributed by atoms with Gasteiger partial charge in [0.2, 0.25) is 0 Å². The summed E-state index contributed by atoms with van der Waals surface area (Å²) in [5.74, 6) is 0. The van der Waals surface area contributed by atoms with Gasteiger partial charge in [-0.05, 0) is 46.7 Å². The molecule has 0 spiro atoms. The Hall–Kier alpha value is -3.98. The summed E-state index contributed by atoms with van der Waals surface area (Å²) < 4.78 is 5.70. The van der Waals surface area contributed by atoms with Crippen LogP contribution in [0.2, 0.25) is 0 Å². The van der Waals surface area contributed by atoms with Crippen molar-refractivity contribution < 1.29 is 4.42 Å². The molecule has 0 saturated heterocycles. The molecule has 136 valence electrons. The maximum atomic E-state index is 5.70. The zero-order valence-electron chi connectivity index (χ0n) is 15.5. The third kappa shape index (κ3) is 2.52. The maximum Gasteiger partial charge on any atom is 0.160 e. The van der Waals surface area contributed by atoms with E-state index in [1.54, 1.807) is 12.5 Å². The molecule has 6 aromatic rings. The van der Waals surface area contributed by atoms with Gasteiger partial charge in [0.1, 0.15) is 5.52 Å². The minimum atomic E-state index is 0.813. The van der Waals surface area contributed by atoms with Crippen LogP contribution in [0.3, 0.4) is 0 Å². The van der Waals surface area contributed by atoms with E-state index in [1.165, 1.54) is 10.8 Å². The summed E-state index contributed by atoms with van der Waals surface area (Å²) in [6, 6.07) is 27.3. The second-order valence-electron chi connectivity index (χ2n) is 7.12. The molecule has 0 aliphatic carbocycles. The number of rotatable bonds is 2. The van der Waals surface area contributed by atoms with Crippen LogP contribution in [0.25, 0.3) is 55.0 Å². The highest BCUT2D eigenvalue weighted by Gasteiger charge is 2.16. The fourth-order valence-corrected chi connectivity index (χ4v) is 4.07. The van der Waals surface area contributed by atoms with Gasteiger partial charge in [0.15, 0.2) is 5.58 Å². The van der Waals surface area contributed by atoms with Gasteiger partial charge in [-0.2, -0.15) is 0 Å². The zero-order valence-corrected chi connectivity index (χ0v) is 15.5. The van der Waals surface area contributed by atoms with E-state index in [2.05, 4.69) is 65.6 Å². The Morgan fingerprint density at radius 2 is 1.48 bits per heavy atom. The fraction of sp³-hybridized carbons (Fsp3) is 0. The molecule has 0 aliphatic heterocycles. The van der Waals surface area contributed by atoms with Crippen LogP contribution >= 0.6 is 0 Å². The van der Waals surface area contributed by atoms with Crippen LogP contribution in [0.4, 0.5) is 0 Å². The van der Waals surface area contributed by atoms with E-state index >= 15 is 0 Å². The third-order valence-corrected chi connectivity index (χ3v) is 5.43. The van der Waals surface area contributed by atoms with Crippen molar-refractivity contribution in [3.63, 3.8) is 0 Å². The normalized spacial score (nSPS) is 11.4. The number of aromatic nitrogens is 2. The third-order valence-electron chi connectivity index (χ3n) is 5.43. The Balaban J connectivity index is 1.66. The summed E-state index contributed by atoms with van der Waals surface area (Å²) in [5.41, 5.74) is 5.93. The summed E-state index contributed by atoms with van der Waals surface area (Å²) in [7, 11) is 0. The van der Waals surface area contributed by atoms with Gasteiger partial charge < -0.3 is 4.42 Å². The topological polar surface area (TPSA) is 38.9 Å². The highest BCUT2D eigenvalue weighted by Crippen LogP contribution is 2.38. The van der Waals surface area contributed by atoms with E-state index < -0.39 is 0 Å². The lowest BCUT2D eigenvalue weighted by Crippen LogP contribution is -1.91. The van der Waals surface area contributed by atoms with E-state index in [0.717, 1.165) is 44.3 Å². The van der Waals surface area contributed by atoms with E-state index in [9.17, 15) is 0 Å². The minimum absolute atomic E-state index is 0.813. The largest absolute Gasteiger partial charge is 0.462 e. The van der Waals surface area contributed by atoms with E-state index in [-0.39, 0.29) is 0 Å². The van der Waals surface area contributed by atoms with Crippen molar-refractivity contribution in [1.82, 2.24) is 9.97 Å². The van der Waals surface area contributed by atoms with Crippen molar-refractivity contribution in [3.05, 3.63) is 97.5 Å². The molecule has 0 bridgehead atoms. The monoisotopic (exact) mass is 372 g/mol. The molecule has 3 aromatic heterocycles. The van der Waals surface area contributed by atoms with E-state index in [0.29, 0.717) is 0 Å². The summed E-state index contributed by atoms with van der Waals surface area (Å²) in [6.07, 6.45) is 5.36. The molecule has 0 aliphatic rings. The van der Waals surface area contributed by atoms with Gasteiger partial charge in [-0.15, -0.1) is 0 Å². The van der Waals surface area contributed by atoms with Crippen LogP contribution in [-0.4, -0.2) is 9.97 Å². The first kappa shape index (κ1) is 16.0. The smallest absolute Gasteiger partial charge is 0.160 e. The van der Waals surface area contributed by atoms with Gasteiger partial charge in [0.05, 0.1) is 12.0 Å². The second-order valence-corrected chi connectivity index (χ2v) is 7.12. The fourth-order valence-electron chi connectivity index (χ4n) is 4.07. The molecule has 3 heteroatoms. The number of benzene rings is 3. The molecule has 0 N–H and O–H groups in total. The van der Waals surface area contributed by atoms with E-state index in [4.69, 9.17) is 9.40 Å². The lowest BCUT2D eigenvalue weighted by atomic mass is 9.94. The number of nitrogens with zero attached hydrogens (tertiary/aromatic N) is 2. The summed E-state index contributed by atoms with van der Waals surface area (Å²) in [5, 5.41) is 4.52. The first-order valence-electron chi connectivity index (χ1n) is 9.58. The molecule has 6 rings (SSSR count). The molecule has 0 radical (unpaired) electrons. The molecule has 0 fully saturated rings. The van der Waals surface area contributed by atoms with Crippen molar-refractivity contribution in [2.45, 2.75) is 0 Å². The summed E-state index contributed by atoms with van der Waals surface area (Å²) >= 11 is 0. The molecule has 0 atom stereocenters. The van der Waals surface area contributed by atoms with Crippen molar-refractivity contribution in [2.75, 3.05) is 0 Å².